The Morgan fingerprint density at radius 2 is 2.05 bits per heavy atom. The standard InChI is InChI=1S/C11H11F2NO5/c12-6-1-2-9(7(13)3-6)19-5-10(16)14-8(4-15)11(17)18/h1-3,8,15H,4-5H2,(H,14,16)(H,17,18)/t8-/m1/s1. The number of carbonyl (C=O) groups excluding carboxylic acids is 1. The minimum atomic E-state index is -1.46. The van der Waals surface area contributed by atoms with Gasteiger partial charge in [-0.3, -0.25) is 4.79 Å². The van der Waals surface area contributed by atoms with Gasteiger partial charge in [0.1, 0.15) is 11.9 Å². The number of rotatable bonds is 6. The van der Waals surface area contributed by atoms with Gasteiger partial charge in [0.15, 0.2) is 18.2 Å². The number of carbonyl (C=O) groups is 2. The fourth-order valence-electron chi connectivity index (χ4n) is 1.16. The van der Waals surface area contributed by atoms with Gasteiger partial charge < -0.3 is 20.3 Å². The van der Waals surface area contributed by atoms with Gasteiger partial charge in [0.05, 0.1) is 6.61 Å². The van der Waals surface area contributed by atoms with Crippen molar-refractivity contribution in [3.05, 3.63) is 29.8 Å². The van der Waals surface area contributed by atoms with Gasteiger partial charge >= 0.3 is 5.97 Å². The first-order valence-electron chi connectivity index (χ1n) is 5.15. The summed E-state index contributed by atoms with van der Waals surface area (Å²) in [6.07, 6.45) is 0. The Labute approximate surface area is 106 Å². The Morgan fingerprint density at radius 1 is 1.37 bits per heavy atom. The molecule has 3 N–H and O–H groups in total. The summed E-state index contributed by atoms with van der Waals surface area (Å²) >= 11 is 0. The van der Waals surface area contributed by atoms with E-state index in [0.29, 0.717) is 6.07 Å². The van der Waals surface area contributed by atoms with Crippen molar-refractivity contribution < 1.29 is 33.3 Å². The van der Waals surface area contributed by atoms with Crippen LogP contribution in [0, 0.1) is 11.6 Å². The highest BCUT2D eigenvalue weighted by Gasteiger charge is 2.19. The van der Waals surface area contributed by atoms with Crippen LogP contribution in [0.4, 0.5) is 8.78 Å². The molecule has 1 aromatic rings. The predicted molar refractivity (Wildman–Crippen MR) is 58.5 cm³/mol. The van der Waals surface area contributed by atoms with Crippen LogP contribution in [-0.4, -0.2) is 41.3 Å². The van der Waals surface area contributed by atoms with Crippen molar-refractivity contribution in [2.24, 2.45) is 0 Å². The lowest BCUT2D eigenvalue weighted by Gasteiger charge is -2.12. The lowest BCUT2D eigenvalue weighted by atomic mass is 10.3. The molecule has 0 radical (unpaired) electrons. The summed E-state index contributed by atoms with van der Waals surface area (Å²) in [4.78, 5) is 21.8. The van der Waals surface area contributed by atoms with Crippen LogP contribution in [0.15, 0.2) is 18.2 Å². The molecule has 0 saturated heterocycles. The van der Waals surface area contributed by atoms with Crippen LogP contribution in [0.1, 0.15) is 0 Å². The number of halogens is 2. The molecule has 1 amide bonds. The highest BCUT2D eigenvalue weighted by atomic mass is 19.1. The fraction of sp³-hybridized carbons (Fsp3) is 0.273. The SMILES string of the molecule is O=C(COc1ccc(F)cc1F)N[C@H](CO)C(=O)O. The molecule has 1 rings (SSSR count). The van der Waals surface area contributed by atoms with Crippen molar-refractivity contribution in [1.29, 1.82) is 0 Å². The number of carboxylic acids is 1. The monoisotopic (exact) mass is 275 g/mol. The first-order chi connectivity index (χ1) is 8.93. The maximum atomic E-state index is 13.1. The van der Waals surface area contributed by atoms with Crippen LogP contribution in [0.25, 0.3) is 0 Å². The van der Waals surface area contributed by atoms with E-state index in [-0.39, 0.29) is 5.75 Å². The molecule has 0 spiro atoms. The van der Waals surface area contributed by atoms with E-state index in [1.807, 2.05) is 5.32 Å². The predicted octanol–water partition coefficient (Wildman–Crippen LogP) is -0.0947. The normalized spacial score (nSPS) is 11.7. The number of nitrogens with one attached hydrogen (secondary N) is 1. The van der Waals surface area contributed by atoms with E-state index in [9.17, 15) is 18.4 Å². The highest BCUT2D eigenvalue weighted by molar-refractivity contribution is 5.84. The van der Waals surface area contributed by atoms with Crippen LogP contribution >= 0.6 is 0 Å². The fourth-order valence-corrected chi connectivity index (χ4v) is 1.16. The second-order valence-corrected chi connectivity index (χ2v) is 3.50. The van der Waals surface area contributed by atoms with Crippen LogP contribution in [0.3, 0.4) is 0 Å². The van der Waals surface area contributed by atoms with E-state index in [4.69, 9.17) is 14.9 Å². The van der Waals surface area contributed by atoms with Gasteiger partial charge in [0.25, 0.3) is 5.91 Å². The van der Waals surface area contributed by atoms with E-state index in [1.165, 1.54) is 0 Å². The Bertz CT molecular complexity index is 480. The smallest absolute Gasteiger partial charge is 0.328 e. The van der Waals surface area contributed by atoms with Crippen molar-refractivity contribution in [1.82, 2.24) is 5.32 Å². The van der Waals surface area contributed by atoms with Gasteiger partial charge in [-0.25, -0.2) is 13.6 Å². The third kappa shape index (κ3) is 4.51. The maximum Gasteiger partial charge on any atom is 0.328 e. The summed E-state index contributed by atoms with van der Waals surface area (Å²) < 4.78 is 30.5. The molecule has 0 bridgehead atoms. The number of aliphatic hydroxyl groups excluding tert-OH is 1. The summed E-state index contributed by atoms with van der Waals surface area (Å²) in [6.45, 7) is -1.45. The van der Waals surface area contributed by atoms with Crippen molar-refractivity contribution in [3.8, 4) is 5.75 Å². The van der Waals surface area contributed by atoms with E-state index < -0.39 is 42.8 Å². The van der Waals surface area contributed by atoms with Gasteiger partial charge in [0, 0.05) is 6.07 Å². The molecule has 0 heterocycles. The number of hydrogen-bond donors (Lipinski definition) is 3. The second kappa shape index (κ2) is 6.64. The lowest BCUT2D eigenvalue weighted by Crippen LogP contribution is -2.45. The lowest BCUT2D eigenvalue weighted by molar-refractivity contribution is -0.143. The van der Waals surface area contributed by atoms with Gasteiger partial charge in [0.2, 0.25) is 0 Å². The molecule has 0 aliphatic heterocycles. The summed E-state index contributed by atoms with van der Waals surface area (Å²) in [6, 6.07) is 1.07. The Kier molecular flexibility index (Phi) is 5.19. The minimum absolute atomic E-state index is 0.340. The van der Waals surface area contributed by atoms with Crippen LogP contribution < -0.4 is 10.1 Å². The maximum absolute atomic E-state index is 13.1. The van der Waals surface area contributed by atoms with Crippen LogP contribution in [-0.2, 0) is 9.59 Å². The number of ether oxygens (including phenoxy) is 1. The summed E-state index contributed by atoms with van der Waals surface area (Å²) in [5.41, 5.74) is 0. The summed E-state index contributed by atoms with van der Waals surface area (Å²) in [5.74, 6) is -4.38. The van der Waals surface area contributed by atoms with Gasteiger partial charge in [-0.1, -0.05) is 0 Å². The van der Waals surface area contributed by atoms with Gasteiger partial charge in [-0.15, -0.1) is 0 Å². The molecular weight excluding hydrogens is 264 g/mol. The highest BCUT2D eigenvalue weighted by Crippen LogP contribution is 2.17. The van der Waals surface area contributed by atoms with Crippen molar-refractivity contribution >= 4 is 11.9 Å². The van der Waals surface area contributed by atoms with E-state index in [2.05, 4.69) is 0 Å². The zero-order chi connectivity index (χ0) is 14.4. The van der Waals surface area contributed by atoms with Gasteiger partial charge in [-0.2, -0.15) is 0 Å². The molecule has 19 heavy (non-hydrogen) atoms. The molecule has 1 aromatic carbocycles. The number of aliphatic carboxylic acids is 1. The number of aliphatic hydroxyl groups is 1. The van der Waals surface area contributed by atoms with E-state index >= 15 is 0 Å². The molecule has 6 nitrogen and oxygen atoms in total. The van der Waals surface area contributed by atoms with E-state index in [0.717, 1.165) is 12.1 Å². The third-order valence-electron chi connectivity index (χ3n) is 2.07. The molecule has 0 aromatic heterocycles. The Balaban J connectivity index is 2.52. The number of benzene rings is 1. The molecule has 0 saturated carbocycles. The van der Waals surface area contributed by atoms with Crippen molar-refractivity contribution in [2.45, 2.75) is 6.04 Å². The topological polar surface area (TPSA) is 95.9 Å². The van der Waals surface area contributed by atoms with E-state index in [1.54, 1.807) is 0 Å². The average molecular weight is 275 g/mol. The quantitative estimate of drug-likeness (QED) is 0.674. The first-order valence-corrected chi connectivity index (χ1v) is 5.15. The molecule has 0 aliphatic rings. The molecule has 104 valence electrons. The molecule has 0 aliphatic carbocycles. The van der Waals surface area contributed by atoms with Crippen LogP contribution in [0.2, 0.25) is 0 Å². The Morgan fingerprint density at radius 3 is 2.58 bits per heavy atom. The number of amides is 1. The molecule has 8 heteroatoms. The van der Waals surface area contributed by atoms with Crippen molar-refractivity contribution in [2.75, 3.05) is 13.2 Å². The second-order valence-electron chi connectivity index (χ2n) is 3.50. The Hall–Kier alpha value is -2.22. The summed E-state index contributed by atoms with van der Waals surface area (Å²) in [5, 5.41) is 19.2. The van der Waals surface area contributed by atoms with Crippen LogP contribution in [0.5, 0.6) is 5.75 Å². The largest absolute Gasteiger partial charge is 0.481 e. The zero-order valence-electron chi connectivity index (χ0n) is 9.60. The molecular formula is C11H11F2NO5. The number of carboxylic acid groups (broad SMARTS) is 1. The summed E-state index contributed by atoms with van der Waals surface area (Å²) in [7, 11) is 0. The molecule has 0 unspecified atom stereocenters. The number of hydrogen-bond acceptors (Lipinski definition) is 4. The zero-order valence-corrected chi connectivity index (χ0v) is 9.60. The average Bonchev–Trinajstić information content (AvgIpc) is 2.34. The van der Waals surface area contributed by atoms with Crippen molar-refractivity contribution in [3.63, 3.8) is 0 Å². The van der Waals surface area contributed by atoms with Gasteiger partial charge in [-0.05, 0) is 12.1 Å². The third-order valence-corrected chi connectivity index (χ3v) is 2.07. The molecule has 1 atom stereocenters. The minimum Gasteiger partial charge on any atom is -0.481 e. The molecule has 0 fully saturated rings. The first kappa shape index (κ1) is 14.8.